The van der Waals surface area contributed by atoms with Crippen LogP contribution in [0.25, 0.3) is 0 Å². The summed E-state index contributed by atoms with van der Waals surface area (Å²) in [5, 5.41) is 16.0. The molecule has 0 bridgehead atoms. The molecule has 1 aliphatic heterocycles. The Morgan fingerprint density at radius 1 is 1.32 bits per heavy atom. The molecule has 2 aromatic rings. The summed E-state index contributed by atoms with van der Waals surface area (Å²) >= 11 is 0. The lowest BCUT2D eigenvalue weighted by atomic mass is 10.0. The Morgan fingerprint density at radius 3 is 2.68 bits per heavy atom. The Kier molecular flexibility index (Phi) is 5.28. The largest absolute Gasteiger partial charge is 0.347 e. The van der Waals surface area contributed by atoms with Crippen molar-refractivity contribution in [1.82, 2.24) is 20.0 Å². The fourth-order valence-corrected chi connectivity index (χ4v) is 7.35. The molecule has 10 heteroatoms. The summed E-state index contributed by atoms with van der Waals surface area (Å²) < 4.78 is 26.4. The first-order valence-corrected chi connectivity index (χ1v) is 13.1. The van der Waals surface area contributed by atoms with Gasteiger partial charge in [0.05, 0.1) is 21.6 Å². The van der Waals surface area contributed by atoms with Gasteiger partial charge in [0.15, 0.2) is 15.5 Å². The van der Waals surface area contributed by atoms with E-state index in [1.807, 2.05) is 13.0 Å². The van der Waals surface area contributed by atoms with Gasteiger partial charge in [-0.1, -0.05) is 6.07 Å². The molecular weight excluding hydrogens is 454 g/mol. The number of aryl methyl sites for hydroxylation is 2. The molecule has 0 unspecified atom stereocenters. The number of nitrogens with zero attached hydrogens (tertiary/aromatic N) is 4. The topological polar surface area (TPSA) is 125 Å². The van der Waals surface area contributed by atoms with E-state index < -0.39 is 14.6 Å². The number of hydrogen-bond donors (Lipinski definition) is 1. The number of aromatic nitrogens is 2. The number of amides is 2. The standard InChI is InChI=1S/C24H27N5O4S/c1-15-11-16(12-25)3-4-17(15)13-26-22(30)20-19-7-10-29(23(31)21(19)28(2)27-20)14-24(8-9-24)34(32,33)18-5-6-18/h3-4,11,18H,5-10,13-14H2,1-2H3,(H,26,30). The summed E-state index contributed by atoms with van der Waals surface area (Å²) in [7, 11) is -1.58. The van der Waals surface area contributed by atoms with Gasteiger partial charge in [-0.25, -0.2) is 8.42 Å². The van der Waals surface area contributed by atoms with Crippen molar-refractivity contribution in [2.24, 2.45) is 7.05 Å². The van der Waals surface area contributed by atoms with Gasteiger partial charge >= 0.3 is 0 Å². The van der Waals surface area contributed by atoms with E-state index >= 15 is 0 Å². The van der Waals surface area contributed by atoms with E-state index in [1.54, 1.807) is 24.1 Å². The smallest absolute Gasteiger partial charge is 0.272 e. The van der Waals surface area contributed by atoms with Gasteiger partial charge in [-0.2, -0.15) is 10.4 Å². The predicted octanol–water partition coefficient (Wildman–Crippen LogP) is 1.64. The first-order chi connectivity index (χ1) is 16.2. The maximum atomic E-state index is 13.3. The Balaban J connectivity index is 1.31. The van der Waals surface area contributed by atoms with E-state index in [2.05, 4.69) is 16.5 Å². The van der Waals surface area contributed by atoms with Crippen LogP contribution in [-0.4, -0.2) is 58.0 Å². The average Bonchev–Trinajstić information content (AvgIpc) is 3.72. The Bertz CT molecular complexity index is 1350. The van der Waals surface area contributed by atoms with Gasteiger partial charge in [-0.3, -0.25) is 14.3 Å². The lowest BCUT2D eigenvalue weighted by Crippen LogP contribution is -2.46. The highest BCUT2D eigenvalue weighted by atomic mass is 32.2. The van der Waals surface area contributed by atoms with Crippen LogP contribution in [0, 0.1) is 18.3 Å². The highest BCUT2D eigenvalue weighted by molar-refractivity contribution is 7.94. The van der Waals surface area contributed by atoms with E-state index in [0.717, 1.165) is 24.0 Å². The minimum Gasteiger partial charge on any atom is -0.347 e. The number of carbonyl (C=O) groups is 2. The summed E-state index contributed by atoms with van der Waals surface area (Å²) in [4.78, 5) is 27.8. The van der Waals surface area contributed by atoms with Crippen LogP contribution in [0.1, 0.15) is 68.9 Å². The van der Waals surface area contributed by atoms with Crippen LogP contribution in [0.5, 0.6) is 0 Å². The van der Waals surface area contributed by atoms with Crippen LogP contribution >= 0.6 is 0 Å². The average molecular weight is 482 g/mol. The normalized spacial score (nSPS) is 18.9. The third-order valence-corrected chi connectivity index (χ3v) is 10.3. The molecular formula is C24H27N5O4S. The van der Waals surface area contributed by atoms with Gasteiger partial charge in [0, 0.05) is 32.2 Å². The highest BCUT2D eigenvalue weighted by Gasteiger charge is 2.60. The minimum atomic E-state index is -3.21. The molecule has 0 radical (unpaired) electrons. The van der Waals surface area contributed by atoms with Crippen LogP contribution in [0.2, 0.25) is 0 Å². The van der Waals surface area contributed by atoms with Crippen molar-refractivity contribution < 1.29 is 18.0 Å². The Labute approximate surface area is 198 Å². The summed E-state index contributed by atoms with van der Waals surface area (Å²) in [6, 6.07) is 7.39. The van der Waals surface area contributed by atoms with Crippen molar-refractivity contribution in [3.05, 3.63) is 51.8 Å². The van der Waals surface area contributed by atoms with Crippen LogP contribution < -0.4 is 5.32 Å². The molecule has 1 aromatic carbocycles. The zero-order valence-electron chi connectivity index (χ0n) is 19.3. The first kappa shape index (κ1) is 22.6. The number of rotatable bonds is 7. The number of nitriles is 1. The molecule has 2 amide bonds. The molecule has 2 saturated carbocycles. The van der Waals surface area contributed by atoms with E-state index in [4.69, 9.17) is 5.26 Å². The third kappa shape index (κ3) is 3.68. The molecule has 2 heterocycles. The molecule has 2 fully saturated rings. The molecule has 34 heavy (non-hydrogen) atoms. The van der Waals surface area contributed by atoms with Gasteiger partial charge in [0.1, 0.15) is 5.69 Å². The number of hydrogen-bond acceptors (Lipinski definition) is 6. The molecule has 2 aliphatic carbocycles. The molecule has 1 N–H and O–H groups in total. The van der Waals surface area contributed by atoms with Crippen LogP contribution in [-0.2, 0) is 29.9 Å². The Hall–Kier alpha value is -3.19. The molecule has 9 nitrogen and oxygen atoms in total. The SMILES string of the molecule is Cc1cc(C#N)ccc1CNC(=O)c1nn(C)c2c1CCN(CC1(S(=O)(=O)C3CC3)CC1)C2=O. The molecule has 0 spiro atoms. The van der Waals surface area contributed by atoms with Crippen LogP contribution in [0.4, 0.5) is 0 Å². The molecule has 3 aliphatic rings. The second-order valence-electron chi connectivity index (χ2n) is 9.64. The van der Waals surface area contributed by atoms with Crippen LogP contribution in [0.15, 0.2) is 18.2 Å². The van der Waals surface area contributed by atoms with Crippen molar-refractivity contribution in [1.29, 1.82) is 5.26 Å². The number of sulfone groups is 1. The summed E-state index contributed by atoms with van der Waals surface area (Å²) in [6.07, 6.45) is 3.12. The second kappa shape index (κ2) is 7.94. The monoisotopic (exact) mass is 481 g/mol. The van der Waals surface area contributed by atoms with E-state index in [1.165, 1.54) is 4.68 Å². The van der Waals surface area contributed by atoms with Gasteiger partial charge < -0.3 is 10.2 Å². The van der Waals surface area contributed by atoms with E-state index in [0.29, 0.717) is 42.6 Å². The van der Waals surface area contributed by atoms with Crippen LogP contribution in [0.3, 0.4) is 0 Å². The minimum absolute atomic E-state index is 0.217. The lowest BCUT2D eigenvalue weighted by Gasteiger charge is -2.31. The van der Waals surface area contributed by atoms with Gasteiger partial charge in [-0.15, -0.1) is 0 Å². The maximum Gasteiger partial charge on any atom is 0.272 e. The zero-order chi connectivity index (χ0) is 24.3. The second-order valence-corrected chi connectivity index (χ2v) is 12.3. The predicted molar refractivity (Wildman–Crippen MR) is 124 cm³/mol. The lowest BCUT2D eigenvalue weighted by molar-refractivity contribution is 0.0724. The molecule has 5 rings (SSSR count). The fourth-order valence-electron chi connectivity index (χ4n) is 4.88. The first-order valence-electron chi connectivity index (χ1n) is 11.5. The van der Waals surface area contributed by atoms with Crippen molar-refractivity contribution in [2.75, 3.05) is 13.1 Å². The summed E-state index contributed by atoms with van der Waals surface area (Å²) in [5.74, 6) is -0.632. The van der Waals surface area contributed by atoms with Crippen molar-refractivity contribution in [3.63, 3.8) is 0 Å². The molecule has 178 valence electrons. The Morgan fingerprint density at radius 2 is 2.06 bits per heavy atom. The highest BCUT2D eigenvalue weighted by Crippen LogP contribution is 2.50. The fraction of sp³-hybridized carbons (Fsp3) is 0.500. The maximum absolute atomic E-state index is 13.3. The van der Waals surface area contributed by atoms with Crippen molar-refractivity contribution in [3.8, 4) is 6.07 Å². The van der Waals surface area contributed by atoms with Crippen molar-refractivity contribution >= 4 is 21.7 Å². The number of nitrogens with one attached hydrogen (secondary N) is 1. The molecule has 1 aromatic heterocycles. The third-order valence-electron chi connectivity index (χ3n) is 7.25. The summed E-state index contributed by atoms with van der Waals surface area (Å²) in [5.41, 5.74) is 3.54. The van der Waals surface area contributed by atoms with E-state index in [9.17, 15) is 18.0 Å². The van der Waals surface area contributed by atoms with Gasteiger partial charge in [0.25, 0.3) is 11.8 Å². The van der Waals surface area contributed by atoms with Gasteiger partial charge in [0.2, 0.25) is 0 Å². The summed E-state index contributed by atoms with van der Waals surface area (Å²) in [6.45, 7) is 2.75. The molecule has 0 atom stereocenters. The number of carbonyl (C=O) groups excluding carboxylic acids is 2. The number of benzene rings is 1. The molecule has 0 saturated heterocycles. The number of fused-ring (bicyclic) bond motifs is 1. The van der Waals surface area contributed by atoms with Gasteiger partial charge in [-0.05, 0) is 62.3 Å². The van der Waals surface area contributed by atoms with E-state index in [-0.39, 0.29) is 35.8 Å². The van der Waals surface area contributed by atoms with Crippen molar-refractivity contribution in [2.45, 2.75) is 55.6 Å². The zero-order valence-corrected chi connectivity index (χ0v) is 20.1. The quantitative estimate of drug-likeness (QED) is 0.641.